The Morgan fingerprint density at radius 2 is 1.16 bits per heavy atom. The van der Waals surface area contributed by atoms with Gasteiger partial charge < -0.3 is 0 Å². The number of hydrogen-bond acceptors (Lipinski definition) is 2. The van der Waals surface area contributed by atoms with E-state index in [-0.39, 0.29) is 0 Å². The Labute approximate surface area is 250 Å². The minimum atomic E-state index is 0.935. The van der Waals surface area contributed by atoms with Gasteiger partial charge in [-0.3, -0.25) is 9.38 Å². The average molecular weight is 550 g/mol. The third kappa shape index (κ3) is 4.58. The van der Waals surface area contributed by atoms with Crippen LogP contribution in [0, 0.1) is 0 Å². The second-order valence-corrected chi connectivity index (χ2v) is 10.7. The third-order valence-corrected chi connectivity index (χ3v) is 8.10. The van der Waals surface area contributed by atoms with E-state index in [0.717, 1.165) is 50.4 Å². The maximum absolute atomic E-state index is 5.01. The molecule has 3 nitrogen and oxygen atoms in total. The molecule has 0 bridgehead atoms. The molecule has 0 amide bonds. The summed E-state index contributed by atoms with van der Waals surface area (Å²) < 4.78 is 2.18. The van der Waals surface area contributed by atoms with Crippen molar-refractivity contribution in [2.45, 2.75) is 0 Å². The molecule has 0 saturated carbocycles. The highest BCUT2D eigenvalue weighted by molar-refractivity contribution is 5.98. The first-order valence-electron chi connectivity index (χ1n) is 14.5. The number of rotatable bonds is 5. The predicted octanol–water partition coefficient (Wildman–Crippen LogP) is 10.2. The lowest BCUT2D eigenvalue weighted by atomic mass is 9.91. The molecule has 3 heteroatoms. The lowest BCUT2D eigenvalue weighted by Crippen LogP contribution is -1.90. The van der Waals surface area contributed by atoms with Crippen molar-refractivity contribution in [1.29, 1.82) is 0 Å². The van der Waals surface area contributed by atoms with Crippen molar-refractivity contribution in [1.82, 2.24) is 14.4 Å². The molecule has 3 aromatic heterocycles. The van der Waals surface area contributed by atoms with Gasteiger partial charge >= 0.3 is 0 Å². The van der Waals surface area contributed by atoms with Gasteiger partial charge in [-0.05, 0) is 75.0 Å². The van der Waals surface area contributed by atoms with E-state index in [1.54, 1.807) is 0 Å². The van der Waals surface area contributed by atoms with Crippen LogP contribution in [-0.2, 0) is 0 Å². The first-order chi connectivity index (χ1) is 21.3. The minimum Gasteiger partial charge on any atom is -0.299 e. The van der Waals surface area contributed by atoms with E-state index >= 15 is 0 Å². The maximum atomic E-state index is 5.01. The van der Waals surface area contributed by atoms with Crippen LogP contribution in [0.2, 0.25) is 0 Å². The molecule has 0 fully saturated rings. The summed E-state index contributed by atoms with van der Waals surface area (Å²) in [4.78, 5) is 9.42. The van der Waals surface area contributed by atoms with Crippen molar-refractivity contribution in [2.75, 3.05) is 0 Å². The van der Waals surface area contributed by atoms with Crippen LogP contribution in [0.4, 0.5) is 0 Å². The van der Waals surface area contributed by atoms with Crippen molar-refractivity contribution in [3.8, 4) is 55.9 Å². The normalized spacial score (nSPS) is 11.3. The molecule has 8 rings (SSSR count). The van der Waals surface area contributed by atoms with Gasteiger partial charge in [-0.1, -0.05) is 109 Å². The fourth-order valence-corrected chi connectivity index (χ4v) is 6.02. The standard InChI is InChI=1S/C40H27N3/c1-2-11-30(12-3-1)39-40(43-23-7-6-17-38(43)42-39)31-20-18-28(19-21-31)33-24-34(32-14-9-22-41-27-32)26-35(25-33)37-16-8-13-29-10-4-5-15-36(29)37/h1-27H. The lowest BCUT2D eigenvalue weighted by molar-refractivity contribution is 1.19. The maximum Gasteiger partial charge on any atom is 0.137 e. The molecule has 0 aliphatic rings. The smallest absolute Gasteiger partial charge is 0.137 e. The van der Waals surface area contributed by atoms with E-state index in [1.807, 2.05) is 30.6 Å². The summed E-state index contributed by atoms with van der Waals surface area (Å²) in [6.45, 7) is 0. The van der Waals surface area contributed by atoms with E-state index in [9.17, 15) is 0 Å². The van der Waals surface area contributed by atoms with E-state index in [1.165, 1.54) is 21.9 Å². The Bertz CT molecular complexity index is 2210. The Hall–Kier alpha value is -5.80. The van der Waals surface area contributed by atoms with Crippen molar-refractivity contribution in [3.63, 3.8) is 0 Å². The highest BCUT2D eigenvalue weighted by Gasteiger charge is 2.16. The predicted molar refractivity (Wildman–Crippen MR) is 178 cm³/mol. The first kappa shape index (κ1) is 25.0. The van der Waals surface area contributed by atoms with Crippen LogP contribution in [0.3, 0.4) is 0 Å². The van der Waals surface area contributed by atoms with Gasteiger partial charge in [-0.25, -0.2) is 4.98 Å². The van der Waals surface area contributed by atoms with Gasteiger partial charge in [-0.15, -0.1) is 0 Å². The van der Waals surface area contributed by atoms with Crippen molar-refractivity contribution < 1.29 is 0 Å². The fourth-order valence-electron chi connectivity index (χ4n) is 6.02. The molecule has 0 aliphatic carbocycles. The van der Waals surface area contributed by atoms with Crippen LogP contribution in [-0.4, -0.2) is 14.4 Å². The summed E-state index contributed by atoms with van der Waals surface area (Å²) in [5, 5.41) is 2.48. The largest absolute Gasteiger partial charge is 0.299 e. The van der Waals surface area contributed by atoms with E-state index in [0.29, 0.717) is 0 Å². The quantitative estimate of drug-likeness (QED) is 0.214. The van der Waals surface area contributed by atoms with Crippen molar-refractivity contribution in [3.05, 3.63) is 164 Å². The number of benzene rings is 5. The van der Waals surface area contributed by atoms with Crippen LogP contribution >= 0.6 is 0 Å². The number of nitrogens with zero attached hydrogens (tertiary/aromatic N) is 3. The SMILES string of the molecule is c1ccc(-c2nc3ccccn3c2-c2ccc(-c3cc(-c4cccnc4)cc(-c4cccc5ccccc45)c3)cc2)cc1. The van der Waals surface area contributed by atoms with Gasteiger partial charge in [0.25, 0.3) is 0 Å². The molecule has 0 radical (unpaired) electrons. The number of aromatic nitrogens is 3. The summed E-state index contributed by atoms with van der Waals surface area (Å²) in [6, 6.07) is 51.5. The number of imidazole rings is 1. The van der Waals surface area contributed by atoms with Gasteiger partial charge in [0, 0.05) is 35.3 Å². The summed E-state index contributed by atoms with van der Waals surface area (Å²) in [5.41, 5.74) is 12.2. The number of pyridine rings is 2. The molecule has 202 valence electrons. The van der Waals surface area contributed by atoms with Crippen LogP contribution in [0.5, 0.6) is 0 Å². The molecule has 0 saturated heterocycles. The number of hydrogen-bond donors (Lipinski definition) is 0. The van der Waals surface area contributed by atoms with E-state index < -0.39 is 0 Å². The highest BCUT2D eigenvalue weighted by Crippen LogP contribution is 2.38. The topological polar surface area (TPSA) is 30.2 Å². The average Bonchev–Trinajstić information content (AvgIpc) is 3.48. The highest BCUT2D eigenvalue weighted by atomic mass is 15.0. The molecular formula is C40H27N3. The molecule has 43 heavy (non-hydrogen) atoms. The molecule has 0 unspecified atom stereocenters. The van der Waals surface area contributed by atoms with Crippen LogP contribution in [0.15, 0.2) is 164 Å². The summed E-state index contributed by atoms with van der Waals surface area (Å²) in [5.74, 6) is 0. The van der Waals surface area contributed by atoms with E-state index in [2.05, 4.69) is 143 Å². The lowest BCUT2D eigenvalue weighted by Gasteiger charge is -2.13. The van der Waals surface area contributed by atoms with Gasteiger partial charge in [0.2, 0.25) is 0 Å². The summed E-state index contributed by atoms with van der Waals surface area (Å²) in [7, 11) is 0. The monoisotopic (exact) mass is 549 g/mol. The first-order valence-corrected chi connectivity index (χ1v) is 14.5. The Morgan fingerprint density at radius 1 is 0.465 bits per heavy atom. The molecule has 5 aromatic carbocycles. The Kier molecular flexibility index (Phi) is 6.12. The summed E-state index contributed by atoms with van der Waals surface area (Å²) in [6.07, 6.45) is 5.85. The molecule has 3 heterocycles. The van der Waals surface area contributed by atoms with Gasteiger partial charge in [0.05, 0.1) is 11.4 Å². The summed E-state index contributed by atoms with van der Waals surface area (Å²) >= 11 is 0. The van der Waals surface area contributed by atoms with Crippen LogP contribution in [0.1, 0.15) is 0 Å². The second kappa shape index (κ2) is 10.6. The fraction of sp³-hybridized carbons (Fsp3) is 0. The third-order valence-electron chi connectivity index (χ3n) is 8.10. The van der Waals surface area contributed by atoms with Gasteiger partial charge in [-0.2, -0.15) is 0 Å². The Balaban J connectivity index is 1.28. The van der Waals surface area contributed by atoms with Crippen LogP contribution in [0.25, 0.3) is 72.3 Å². The van der Waals surface area contributed by atoms with Crippen molar-refractivity contribution >= 4 is 16.4 Å². The van der Waals surface area contributed by atoms with Gasteiger partial charge in [0.15, 0.2) is 0 Å². The zero-order chi connectivity index (χ0) is 28.6. The molecule has 0 N–H and O–H groups in total. The molecule has 0 spiro atoms. The zero-order valence-electron chi connectivity index (χ0n) is 23.4. The number of fused-ring (bicyclic) bond motifs is 2. The minimum absolute atomic E-state index is 0.935. The molecular weight excluding hydrogens is 522 g/mol. The van der Waals surface area contributed by atoms with Gasteiger partial charge in [0.1, 0.15) is 5.65 Å². The Morgan fingerprint density at radius 3 is 2.00 bits per heavy atom. The molecule has 8 aromatic rings. The van der Waals surface area contributed by atoms with E-state index in [4.69, 9.17) is 4.98 Å². The second-order valence-electron chi connectivity index (χ2n) is 10.7. The zero-order valence-corrected chi connectivity index (χ0v) is 23.4. The molecule has 0 atom stereocenters. The van der Waals surface area contributed by atoms with Crippen LogP contribution < -0.4 is 0 Å². The molecule has 0 aliphatic heterocycles. The van der Waals surface area contributed by atoms with Crippen molar-refractivity contribution in [2.24, 2.45) is 0 Å².